The molecule has 0 saturated heterocycles. The number of likely N-dealkylation sites (N-methyl/N-ethyl adjacent to an activating group) is 1. The summed E-state index contributed by atoms with van der Waals surface area (Å²) in [4.78, 5) is 11.4. The molecule has 1 amide bonds. The van der Waals surface area contributed by atoms with Crippen LogP contribution in [0.15, 0.2) is 11.1 Å². The molecule has 0 atom stereocenters. The molecule has 0 radical (unpaired) electrons. The zero-order valence-corrected chi connectivity index (χ0v) is 7.64. The predicted octanol–water partition coefficient (Wildman–Crippen LogP) is 0.859. The molecule has 0 aromatic rings. The molecule has 1 N–H and O–H groups in total. The van der Waals surface area contributed by atoms with Crippen LogP contribution in [0.1, 0.15) is 20.3 Å². The van der Waals surface area contributed by atoms with E-state index in [1.54, 1.807) is 0 Å². The van der Waals surface area contributed by atoms with Crippen LogP contribution in [-0.4, -0.2) is 25.7 Å². The first-order valence-electron chi connectivity index (χ1n) is 4.30. The summed E-state index contributed by atoms with van der Waals surface area (Å²) in [5.74, 6) is 0.0229. The van der Waals surface area contributed by atoms with Crippen molar-refractivity contribution in [3.63, 3.8) is 0 Å². The second kappa shape index (κ2) is 4.26. The fourth-order valence-electron chi connectivity index (χ4n) is 1.20. The summed E-state index contributed by atoms with van der Waals surface area (Å²) in [5.41, 5.74) is 1.97. The van der Waals surface area contributed by atoms with Gasteiger partial charge in [-0.15, -0.1) is 0 Å². The van der Waals surface area contributed by atoms with Crippen molar-refractivity contribution in [3.05, 3.63) is 11.1 Å². The normalized spacial score (nSPS) is 17.8. The summed E-state index contributed by atoms with van der Waals surface area (Å²) in [6.45, 7) is 5.80. The van der Waals surface area contributed by atoms with E-state index in [0.717, 1.165) is 24.2 Å². The Morgan fingerprint density at radius 2 is 2.42 bits per heavy atom. The van der Waals surface area contributed by atoms with Gasteiger partial charge in [-0.25, -0.2) is 0 Å². The number of hydrogen-bond donors (Lipinski definition) is 1. The van der Waals surface area contributed by atoms with Crippen LogP contribution in [0.25, 0.3) is 0 Å². The molecular formula is C9H15NO2. The minimum absolute atomic E-state index is 0.0229. The summed E-state index contributed by atoms with van der Waals surface area (Å²) in [7, 11) is 0. The molecule has 1 heterocycles. The number of hydrogen-bond acceptors (Lipinski definition) is 2. The smallest absolute Gasteiger partial charge is 0.249 e. The third-order valence-electron chi connectivity index (χ3n) is 1.99. The van der Waals surface area contributed by atoms with Gasteiger partial charge < -0.3 is 10.1 Å². The Labute approximate surface area is 72.8 Å². The van der Waals surface area contributed by atoms with Gasteiger partial charge in [0.05, 0.1) is 13.2 Å². The molecule has 0 unspecified atom stereocenters. The number of nitrogens with one attached hydrogen (secondary N) is 1. The number of carbonyl (C=O) groups excluding carboxylic acids is 1. The van der Waals surface area contributed by atoms with Crippen molar-refractivity contribution >= 4 is 5.91 Å². The van der Waals surface area contributed by atoms with E-state index in [2.05, 4.69) is 5.32 Å². The lowest BCUT2D eigenvalue weighted by atomic mass is 10.1. The molecule has 12 heavy (non-hydrogen) atoms. The van der Waals surface area contributed by atoms with Crippen LogP contribution in [0.3, 0.4) is 0 Å². The van der Waals surface area contributed by atoms with Crippen LogP contribution in [0.5, 0.6) is 0 Å². The van der Waals surface area contributed by atoms with Gasteiger partial charge in [-0.1, -0.05) is 5.57 Å². The highest BCUT2D eigenvalue weighted by atomic mass is 16.5. The maximum Gasteiger partial charge on any atom is 0.249 e. The topological polar surface area (TPSA) is 38.3 Å². The number of ether oxygens (including phenoxy) is 1. The molecule has 0 saturated carbocycles. The Kier molecular flexibility index (Phi) is 3.29. The van der Waals surface area contributed by atoms with E-state index in [0.29, 0.717) is 13.2 Å². The first-order valence-corrected chi connectivity index (χ1v) is 4.30. The molecule has 3 nitrogen and oxygen atoms in total. The van der Waals surface area contributed by atoms with Gasteiger partial charge in [0.15, 0.2) is 0 Å². The van der Waals surface area contributed by atoms with Crippen LogP contribution in [0, 0.1) is 0 Å². The highest BCUT2D eigenvalue weighted by Gasteiger charge is 2.15. The minimum atomic E-state index is 0.0229. The van der Waals surface area contributed by atoms with Gasteiger partial charge in [0.2, 0.25) is 5.91 Å². The number of carbonyl (C=O) groups is 1. The average molecular weight is 169 g/mol. The first-order chi connectivity index (χ1) is 5.75. The van der Waals surface area contributed by atoms with Crippen LogP contribution in [-0.2, 0) is 9.53 Å². The molecule has 0 fully saturated rings. The zero-order valence-electron chi connectivity index (χ0n) is 7.64. The van der Waals surface area contributed by atoms with Crippen LogP contribution in [0.4, 0.5) is 0 Å². The van der Waals surface area contributed by atoms with Crippen molar-refractivity contribution in [1.82, 2.24) is 5.32 Å². The molecule has 1 aliphatic rings. The third-order valence-corrected chi connectivity index (χ3v) is 1.99. The van der Waals surface area contributed by atoms with Crippen LogP contribution >= 0.6 is 0 Å². The second-order valence-corrected chi connectivity index (χ2v) is 2.92. The average Bonchev–Trinajstić information content (AvgIpc) is 2.05. The molecule has 0 aromatic carbocycles. The lowest BCUT2D eigenvalue weighted by Crippen LogP contribution is -2.29. The van der Waals surface area contributed by atoms with Crippen molar-refractivity contribution in [3.8, 4) is 0 Å². The Hall–Kier alpha value is -0.830. The van der Waals surface area contributed by atoms with Crippen molar-refractivity contribution in [2.45, 2.75) is 20.3 Å². The summed E-state index contributed by atoms with van der Waals surface area (Å²) >= 11 is 0. The van der Waals surface area contributed by atoms with Gasteiger partial charge >= 0.3 is 0 Å². The molecule has 1 aliphatic heterocycles. The quantitative estimate of drug-likeness (QED) is 0.665. The molecule has 0 aliphatic carbocycles. The molecule has 68 valence electrons. The SMILES string of the molecule is CCNC(=O)C1=C(C)CCOC1. The lowest BCUT2D eigenvalue weighted by Gasteiger charge is -2.17. The first kappa shape index (κ1) is 9.26. The van der Waals surface area contributed by atoms with E-state index in [1.165, 1.54) is 0 Å². The summed E-state index contributed by atoms with van der Waals surface area (Å²) < 4.78 is 5.20. The molecule has 0 aromatic heterocycles. The lowest BCUT2D eigenvalue weighted by molar-refractivity contribution is -0.118. The van der Waals surface area contributed by atoms with Crippen LogP contribution < -0.4 is 5.32 Å². The van der Waals surface area contributed by atoms with Crippen molar-refractivity contribution in [2.75, 3.05) is 19.8 Å². The summed E-state index contributed by atoms with van der Waals surface area (Å²) in [6, 6.07) is 0. The zero-order chi connectivity index (χ0) is 8.97. The summed E-state index contributed by atoms with van der Waals surface area (Å²) in [6.07, 6.45) is 0.881. The molecular weight excluding hydrogens is 154 g/mol. The van der Waals surface area contributed by atoms with Crippen molar-refractivity contribution < 1.29 is 9.53 Å². The Bertz CT molecular complexity index is 209. The Morgan fingerprint density at radius 1 is 1.67 bits per heavy atom. The molecule has 0 spiro atoms. The highest BCUT2D eigenvalue weighted by Crippen LogP contribution is 2.14. The van der Waals surface area contributed by atoms with Gasteiger partial charge in [-0.2, -0.15) is 0 Å². The monoisotopic (exact) mass is 169 g/mol. The van der Waals surface area contributed by atoms with Gasteiger partial charge in [0.25, 0.3) is 0 Å². The largest absolute Gasteiger partial charge is 0.376 e. The molecule has 0 bridgehead atoms. The maximum atomic E-state index is 11.4. The van der Waals surface area contributed by atoms with Crippen LogP contribution in [0.2, 0.25) is 0 Å². The standard InChI is InChI=1S/C9H15NO2/c1-3-10-9(11)8-6-12-5-4-7(8)2/h3-6H2,1-2H3,(H,10,11). The maximum absolute atomic E-state index is 11.4. The molecule has 3 heteroatoms. The second-order valence-electron chi connectivity index (χ2n) is 2.92. The van der Waals surface area contributed by atoms with Gasteiger partial charge in [0, 0.05) is 12.1 Å². The summed E-state index contributed by atoms with van der Waals surface area (Å²) in [5, 5.41) is 2.77. The minimum Gasteiger partial charge on any atom is -0.376 e. The molecule has 1 rings (SSSR count). The van der Waals surface area contributed by atoms with E-state index in [-0.39, 0.29) is 5.91 Å². The number of rotatable bonds is 2. The fraction of sp³-hybridized carbons (Fsp3) is 0.667. The third kappa shape index (κ3) is 2.08. The highest BCUT2D eigenvalue weighted by molar-refractivity contribution is 5.94. The number of amides is 1. The van der Waals surface area contributed by atoms with Gasteiger partial charge in [-0.05, 0) is 20.3 Å². The van der Waals surface area contributed by atoms with E-state index in [1.807, 2.05) is 13.8 Å². The van der Waals surface area contributed by atoms with Crippen molar-refractivity contribution in [1.29, 1.82) is 0 Å². The van der Waals surface area contributed by atoms with Gasteiger partial charge in [0.1, 0.15) is 0 Å². The van der Waals surface area contributed by atoms with E-state index < -0.39 is 0 Å². The van der Waals surface area contributed by atoms with Gasteiger partial charge in [-0.3, -0.25) is 4.79 Å². The van der Waals surface area contributed by atoms with Crippen molar-refractivity contribution in [2.24, 2.45) is 0 Å². The fourth-order valence-corrected chi connectivity index (χ4v) is 1.20. The van der Waals surface area contributed by atoms with E-state index in [4.69, 9.17) is 4.74 Å². The van der Waals surface area contributed by atoms with E-state index >= 15 is 0 Å². The Balaban J connectivity index is 2.64. The predicted molar refractivity (Wildman–Crippen MR) is 46.8 cm³/mol. The van der Waals surface area contributed by atoms with E-state index in [9.17, 15) is 4.79 Å². The Morgan fingerprint density at radius 3 is 3.00 bits per heavy atom.